The summed E-state index contributed by atoms with van der Waals surface area (Å²) in [5.41, 5.74) is 7.31. The number of aromatic nitrogens is 2. The number of methoxy groups -OCH3 is 2. The molecule has 1 aromatic heterocycles. The van der Waals surface area contributed by atoms with E-state index in [1.807, 2.05) is 42.5 Å². The highest BCUT2D eigenvalue weighted by Gasteiger charge is 2.29. The number of aliphatic carboxylic acids is 1. The van der Waals surface area contributed by atoms with Gasteiger partial charge in [0.05, 0.1) is 48.8 Å². The molecular formula is C33H32Cl2N4O5. The SMILES string of the molecule is COc1cc(-c2cccc(-c3cccc(-c4cnc(CN5CC(O)C5)c(OC)n4)c3Cl)c2Cl)cc2c1[C@H](NCC(=O)O)CC2. The molecule has 6 rings (SSSR count). The number of fused-ring (bicyclic) bond motifs is 1. The number of ether oxygens (including phenoxy) is 2. The predicted octanol–water partition coefficient (Wildman–Crippen LogP) is 5.64. The Balaban J connectivity index is 1.33. The van der Waals surface area contributed by atoms with Crippen LogP contribution in [0, 0.1) is 0 Å². The number of carbonyl (C=O) groups is 1. The minimum absolute atomic E-state index is 0.0899. The number of aliphatic hydroxyl groups is 1. The van der Waals surface area contributed by atoms with Gasteiger partial charge in [0.1, 0.15) is 11.4 Å². The van der Waals surface area contributed by atoms with Crippen molar-refractivity contribution in [1.82, 2.24) is 20.2 Å². The van der Waals surface area contributed by atoms with Crippen LogP contribution in [0.5, 0.6) is 11.6 Å². The van der Waals surface area contributed by atoms with E-state index in [0.717, 1.165) is 46.2 Å². The highest BCUT2D eigenvalue weighted by Crippen LogP contribution is 2.45. The van der Waals surface area contributed by atoms with E-state index in [1.54, 1.807) is 20.4 Å². The molecule has 0 unspecified atom stereocenters. The lowest BCUT2D eigenvalue weighted by atomic mass is 9.94. The van der Waals surface area contributed by atoms with Gasteiger partial charge in [0.15, 0.2) is 0 Å². The van der Waals surface area contributed by atoms with E-state index in [0.29, 0.717) is 58.3 Å². The van der Waals surface area contributed by atoms with E-state index in [4.69, 9.17) is 42.8 Å². The van der Waals surface area contributed by atoms with Gasteiger partial charge in [0.25, 0.3) is 0 Å². The quantitative estimate of drug-likeness (QED) is 0.204. The van der Waals surface area contributed by atoms with Crippen molar-refractivity contribution in [1.29, 1.82) is 0 Å². The van der Waals surface area contributed by atoms with Crippen LogP contribution >= 0.6 is 23.2 Å². The summed E-state index contributed by atoms with van der Waals surface area (Å²) in [6.45, 7) is 1.62. The molecule has 0 saturated carbocycles. The van der Waals surface area contributed by atoms with Gasteiger partial charge in [0.2, 0.25) is 5.88 Å². The van der Waals surface area contributed by atoms with Crippen molar-refractivity contribution in [3.05, 3.63) is 81.6 Å². The van der Waals surface area contributed by atoms with E-state index >= 15 is 0 Å². The second-order valence-corrected chi connectivity index (χ2v) is 11.8. The minimum Gasteiger partial charge on any atom is -0.496 e. The molecule has 3 N–H and O–H groups in total. The Morgan fingerprint density at radius 3 is 2.36 bits per heavy atom. The number of benzene rings is 3. The Bertz CT molecular complexity index is 1730. The first-order chi connectivity index (χ1) is 21.3. The molecule has 1 aliphatic carbocycles. The van der Waals surface area contributed by atoms with Crippen LogP contribution in [0.3, 0.4) is 0 Å². The Labute approximate surface area is 265 Å². The average molecular weight is 636 g/mol. The lowest BCUT2D eigenvalue weighted by molar-refractivity contribution is -0.136. The van der Waals surface area contributed by atoms with E-state index in [-0.39, 0.29) is 18.7 Å². The molecular weight excluding hydrogens is 603 g/mol. The number of aliphatic hydroxyl groups excluding tert-OH is 1. The van der Waals surface area contributed by atoms with Crippen LogP contribution in [-0.4, -0.2) is 71.0 Å². The maximum Gasteiger partial charge on any atom is 0.317 e. The van der Waals surface area contributed by atoms with Crippen molar-refractivity contribution in [2.75, 3.05) is 33.9 Å². The molecule has 1 saturated heterocycles. The summed E-state index contributed by atoms with van der Waals surface area (Å²) >= 11 is 14.1. The third-order valence-electron chi connectivity index (χ3n) is 8.19. The Morgan fingerprint density at radius 1 is 1.02 bits per heavy atom. The normalized spacial score (nSPS) is 16.4. The maximum absolute atomic E-state index is 11.1. The molecule has 3 aromatic carbocycles. The smallest absolute Gasteiger partial charge is 0.317 e. The van der Waals surface area contributed by atoms with Gasteiger partial charge in [-0.1, -0.05) is 65.7 Å². The van der Waals surface area contributed by atoms with Crippen LogP contribution in [0.25, 0.3) is 33.5 Å². The molecule has 0 radical (unpaired) electrons. The largest absolute Gasteiger partial charge is 0.496 e. The van der Waals surface area contributed by atoms with Crippen LogP contribution in [0.15, 0.2) is 54.7 Å². The van der Waals surface area contributed by atoms with Gasteiger partial charge in [-0.15, -0.1) is 0 Å². The van der Waals surface area contributed by atoms with E-state index in [9.17, 15) is 9.90 Å². The molecule has 0 amide bonds. The average Bonchev–Trinajstić information content (AvgIpc) is 3.42. The Hall–Kier alpha value is -3.73. The van der Waals surface area contributed by atoms with Gasteiger partial charge in [0, 0.05) is 53.5 Å². The standard InChI is InChI=1S/C33H32Cl2N4O5/c1-43-28-12-19(11-18-9-10-25(30(18)28)37-14-29(41)42)21-5-3-6-22(31(21)34)23-7-4-8-24(32(23)35)26-13-36-27(33(38-26)44-2)17-39-15-20(40)16-39/h3-8,11-13,20,25,37,40H,9-10,14-17H2,1-2H3,(H,41,42)/t25-/m1/s1. The minimum atomic E-state index is -0.896. The van der Waals surface area contributed by atoms with Crippen LogP contribution in [0.4, 0.5) is 0 Å². The molecule has 1 aliphatic heterocycles. The Kier molecular flexibility index (Phi) is 8.75. The zero-order valence-electron chi connectivity index (χ0n) is 24.3. The van der Waals surface area contributed by atoms with Crippen molar-refractivity contribution in [3.8, 4) is 45.1 Å². The molecule has 0 spiro atoms. The van der Waals surface area contributed by atoms with Crippen LogP contribution in [0.2, 0.25) is 10.0 Å². The molecule has 4 aromatic rings. The number of carboxylic acid groups (broad SMARTS) is 1. The molecule has 228 valence electrons. The number of carboxylic acids is 1. The van der Waals surface area contributed by atoms with Crippen molar-refractivity contribution in [2.45, 2.75) is 31.5 Å². The van der Waals surface area contributed by atoms with Gasteiger partial charge in [-0.25, -0.2) is 4.98 Å². The number of hydrogen-bond acceptors (Lipinski definition) is 8. The highest BCUT2D eigenvalue weighted by molar-refractivity contribution is 6.39. The van der Waals surface area contributed by atoms with Crippen LogP contribution in [0.1, 0.15) is 29.3 Å². The monoisotopic (exact) mass is 634 g/mol. The second-order valence-electron chi connectivity index (χ2n) is 11.0. The first-order valence-corrected chi connectivity index (χ1v) is 15.1. The summed E-state index contributed by atoms with van der Waals surface area (Å²) < 4.78 is 11.3. The number of rotatable bonds is 10. The highest BCUT2D eigenvalue weighted by atomic mass is 35.5. The molecule has 2 aliphatic rings. The number of β-amino-alcohol motifs (C(OH)–C–C–N with tert-alkyl or cyclic N) is 1. The van der Waals surface area contributed by atoms with Crippen LogP contribution < -0.4 is 14.8 Å². The lowest BCUT2D eigenvalue weighted by Crippen LogP contribution is -2.50. The fraction of sp³-hybridized carbons (Fsp3) is 0.303. The third kappa shape index (κ3) is 5.86. The summed E-state index contributed by atoms with van der Waals surface area (Å²) in [6, 6.07) is 15.5. The van der Waals surface area contributed by atoms with Crippen molar-refractivity contribution in [2.24, 2.45) is 0 Å². The molecule has 44 heavy (non-hydrogen) atoms. The van der Waals surface area contributed by atoms with Gasteiger partial charge in [-0.05, 0) is 30.0 Å². The fourth-order valence-electron chi connectivity index (χ4n) is 6.05. The zero-order valence-corrected chi connectivity index (χ0v) is 25.8. The molecule has 1 fully saturated rings. The number of halogens is 2. The summed E-state index contributed by atoms with van der Waals surface area (Å²) in [6.07, 6.45) is 2.97. The number of nitrogens with one attached hydrogen (secondary N) is 1. The summed E-state index contributed by atoms with van der Waals surface area (Å²) in [7, 11) is 3.18. The first-order valence-electron chi connectivity index (χ1n) is 14.3. The van der Waals surface area contributed by atoms with E-state index < -0.39 is 5.97 Å². The van der Waals surface area contributed by atoms with Gasteiger partial charge < -0.3 is 19.7 Å². The molecule has 0 bridgehead atoms. The van der Waals surface area contributed by atoms with Crippen molar-refractivity contribution >= 4 is 29.2 Å². The van der Waals surface area contributed by atoms with Crippen molar-refractivity contribution in [3.63, 3.8) is 0 Å². The number of hydrogen-bond donors (Lipinski definition) is 3. The maximum atomic E-state index is 11.1. The molecule has 2 heterocycles. The molecule has 11 heteroatoms. The third-order valence-corrected chi connectivity index (χ3v) is 9.00. The van der Waals surface area contributed by atoms with E-state index in [2.05, 4.69) is 21.3 Å². The topological polar surface area (TPSA) is 117 Å². The Morgan fingerprint density at radius 2 is 1.70 bits per heavy atom. The lowest BCUT2D eigenvalue weighted by Gasteiger charge is -2.35. The number of aryl methyl sites for hydroxylation is 1. The first kappa shape index (κ1) is 30.3. The van der Waals surface area contributed by atoms with Gasteiger partial charge in [-0.2, -0.15) is 0 Å². The van der Waals surface area contributed by atoms with Crippen molar-refractivity contribution < 1.29 is 24.5 Å². The zero-order chi connectivity index (χ0) is 31.0. The number of nitrogens with zero attached hydrogens (tertiary/aromatic N) is 3. The van der Waals surface area contributed by atoms with E-state index in [1.165, 1.54) is 0 Å². The summed E-state index contributed by atoms with van der Waals surface area (Å²) in [5.74, 6) is 0.212. The second kappa shape index (κ2) is 12.7. The van der Waals surface area contributed by atoms with Crippen LogP contribution in [-0.2, 0) is 17.8 Å². The fourth-order valence-corrected chi connectivity index (χ4v) is 6.71. The predicted molar refractivity (Wildman–Crippen MR) is 169 cm³/mol. The number of likely N-dealkylation sites (tertiary alicyclic amines) is 1. The van der Waals surface area contributed by atoms with Gasteiger partial charge >= 0.3 is 5.97 Å². The summed E-state index contributed by atoms with van der Waals surface area (Å²) in [5, 5.41) is 22.9. The summed E-state index contributed by atoms with van der Waals surface area (Å²) in [4.78, 5) is 22.5. The molecule has 1 atom stereocenters. The molecule has 9 nitrogen and oxygen atoms in total. The van der Waals surface area contributed by atoms with Gasteiger partial charge in [-0.3, -0.25) is 20.0 Å².